The van der Waals surface area contributed by atoms with Gasteiger partial charge in [-0.15, -0.1) is 0 Å². The first-order chi connectivity index (χ1) is 9.84. The van der Waals surface area contributed by atoms with Gasteiger partial charge < -0.3 is 20.6 Å². The molecule has 0 spiro atoms. The minimum Gasteiger partial charge on any atom is -0.480 e. The Bertz CT molecular complexity index is 555. The number of nitrogens with zero attached hydrogens (tertiary/aromatic N) is 1. The van der Waals surface area contributed by atoms with E-state index in [1.54, 1.807) is 13.0 Å². The summed E-state index contributed by atoms with van der Waals surface area (Å²) >= 11 is 0. The Hall–Kier alpha value is -2.24. The number of carboxylic acids is 1. The maximum Gasteiger partial charge on any atom is 0.329 e. The van der Waals surface area contributed by atoms with Gasteiger partial charge in [0.2, 0.25) is 0 Å². The molecule has 1 aliphatic carbocycles. The molecule has 1 fully saturated rings. The number of hydrogen-bond acceptors (Lipinski definition) is 3. The molecule has 0 saturated heterocycles. The minimum absolute atomic E-state index is 0.00448. The van der Waals surface area contributed by atoms with Crippen LogP contribution >= 0.6 is 0 Å². The molecule has 0 bridgehead atoms. The highest BCUT2D eigenvalue weighted by molar-refractivity contribution is 5.96. The summed E-state index contributed by atoms with van der Waals surface area (Å²) < 4.78 is 0. The monoisotopic (exact) mass is 291 g/mol. The van der Waals surface area contributed by atoms with Crippen molar-refractivity contribution in [3.63, 3.8) is 0 Å². The third-order valence-electron chi connectivity index (χ3n) is 3.85. The second-order valence-electron chi connectivity index (χ2n) is 5.77. The molecule has 114 valence electrons. The number of para-hydroxylation sites is 2. The fourth-order valence-electron chi connectivity index (χ4n) is 2.35. The summed E-state index contributed by atoms with van der Waals surface area (Å²) in [5.41, 5.74) is 0.288. The summed E-state index contributed by atoms with van der Waals surface area (Å²) in [6.07, 6.45) is 1.66. The first-order valence-corrected chi connectivity index (χ1v) is 6.93. The highest BCUT2D eigenvalue weighted by Gasteiger charge is 2.48. The number of hydrogen-bond donors (Lipinski definition) is 3. The van der Waals surface area contributed by atoms with Crippen LogP contribution in [0, 0.1) is 5.92 Å². The Balaban J connectivity index is 2.10. The van der Waals surface area contributed by atoms with Crippen LogP contribution in [0.15, 0.2) is 24.3 Å². The van der Waals surface area contributed by atoms with E-state index in [1.807, 2.05) is 37.2 Å². The second kappa shape index (κ2) is 5.63. The van der Waals surface area contributed by atoms with E-state index in [4.69, 9.17) is 0 Å². The second-order valence-corrected chi connectivity index (χ2v) is 5.77. The molecule has 1 aromatic carbocycles. The number of carboxylic acid groups (broad SMARTS) is 1. The molecule has 1 aliphatic rings. The van der Waals surface area contributed by atoms with Crippen molar-refractivity contribution in [1.82, 2.24) is 5.32 Å². The predicted octanol–water partition coefficient (Wildman–Crippen LogP) is 2.13. The zero-order chi connectivity index (χ0) is 15.6. The zero-order valence-corrected chi connectivity index (χ0v) is 12.5. The summed E-state index contributed by atoms with van der Waals surface area (Å²) in [5.74, 6) is -0.995. The van der Waals surface area contributed by atoms with Gasteiger partial charge in [0.1, 0.15) is 5.54 Å². The van der Waals surface area contributed by atoms with Crippen LogP contribution in [-0.4, -0.2) is 36.7 Å². The Morgan fingerprint density at radius 2 is 1.90 bits per heavy atom. The van der Waals surface area contributed by atoms with Crippen LogP contribution in [0.2, 0.25) is 0 Å². The summed E-state index contributed by atoms with van der Waals surface area (Å²) in [4.78, 5) is 25.4. The fraction of sp³-hybridized carbons (Fsp3) is 0.467. The molecule has 0 aliphatic heterocycles. The van der Waals surface area contributed by atoms with Gasteiger partial charge in [-0.25, -0.2) is 9.59 Å². The molecule has 21 heavy (non-hydrogen) atoms. The van der Waals surface area contributed by atoms with Gasteiger partial charge in [0.05, 0.1) is 11.4 Å². The number of carbonyl (C=O) groups excluding carboxylic acids is 1. The van der Waals surface area contributed by atoms with Gasteiger partial charge in [-0.05, 0) is 37.8 Å². The Morgan fingerprint density at radius 1 is 1.29 bits per heavy atom. The van der Waals surface area contributed by atoms with E-state index in [0.717, 1.165) is 18.5 Å². The lowest BCUT2D eigenvalue weighted by Crippen LogP contribution is -2.55. The quantitative estimate of drug-likeness (QED) is 0.776. The number of rotatable bonds is 5. The van der Waals surface area contributed by atoms with Crippen LogP contribution in [0.5, 0.6) is 0 Å². The van der Waals surface area contributed by atoms with Gasteiger partial charge in [0.15, 0.2) is 0 Å². The smallest absolute Gasteiger partial charge is 0.329 e. The average molecular weight is 291 g/mol. The molecule has 0 aromatic heterocycles. The number of anilines is 2. The van der Waals surface area contributed by atoms with Crippen LogP contribution in [0.4, 0.5) is 16.2 Å². The van der Waals surface area contributed by atoms with E-state index in [-0.39, 0.29) is 5.92 Å². The number of amides is 2. The molecule has 6 nitrogen and oxygen atoms in total. The fourth-order valence-corrected chi connectivity index (χ4v) is 2.35. The lowest BCUT2D eigenvalue weighted by Gasteiger charge is -2.27. The Labute approximate surface area is 124 Å². The third-order valence-corrected chi connectivity index (χ3v) is 3.85. The van der Waals surface area contributed by atoms with Gasteiger partial charge in [0.25, 0.3) is 0 Å². The maximum atomic E-state index is 12.1. The average Bonchev–Trinajstić information content (AvgIpc) is 3.23. The van der Waals surface area contributed by atoms with Gasteiger partial charge >= 0.3 is 12.0 Å². The number of aliphatic carboxylic acids is 1. The van der Waals surface area contributed by atoms with Crippen molar-refractivity contribution < 1.29 is 14.7 Å². The maximum absolute atomic E-state index is 12.1. The van der Waals surface area contributed by atoms with Crippen LogP contribution in [0.1, 0.15) is 19.8 Å². The van der Waals surface area contributed by atoms with Crippen molar-refractivity contribution in [2.75, 3.05) is 24.3 Å². The normalized spacial score (nSPS) is 16.7. The molecule has 1 saturated carbocycles. The number of nitrogens with one attached hydrogen (secondary N) is 2. The molecular weight excluding hydrogens is 270 g/mol. The molecule has 1 atom stereocenters. The van der Waals surface area contributed by atoms with Crippen LogP contribution in [0.3, 0.4) is 0 Å². The Kier molecular flexibility index (Phi) is 4.06. The summed E-state index contributed by atoms with van der Waals surface area (Å²) in [6.45, 7) is 1.56. The van der Waals surface area contributed by atoms with Gasteiger partial charge in [-0.1, -0.05) is 12.1 Å². The third kappa shape index (κ3) is 3.26. The molecule has 2 amide bonds. The summed E-state index contributed by atoms with van der Waals surface area (Å²) in [6, 6.07) is 6.86. The molecule has 0 heterocycles. The zero-order valence-electron chi connectivity index (χ0n) is 12.5. The highest BCUT2D eigenvalue weighted by atomic mass is 16.4. The van der Waals surface area contributed by atoms with Crippen molar-refractivity contribution in [2.24, 2.45) is 5.92 Å². The van der Waals surface area contributed by atoms with Crippen LogP contribution < -0.4 is 15.5 Å². The number of benzene rings is 1. The number of carbonyl (C=O) groups is 2. The van der Waals surface area contributed by atoms with E-state index < -0.39 is 17.5 Å². The van der Waals surface area contributed by atoms with Crippen molar-refractivity contribution in [3.05, 3.63) is 24.3 Å². The standard InChI is InChI=1S/C15H21N3O3/c1-15(13(19)20,10-8-9-10)17-14(21)16-11-6-4-5-7-12(11)18(2)3/h4-7,10H,8-9H2,1-3H3,(H,19,20)(H2,16,17,21). The first-order valence-electron chi connectivity index (χ1n) is 6.93. The molecular formula is C15H21N3O3. The lowest BCUT2D eigenvalue weighted by molar-refractivity contribution is -0.144. The molecule has 2 rings (SSSR count). The van der Waals surface area contributed by atoms with E-state index in [0.29, 0.717) is 5.69 Å². The molecule has 6 heteroatoms. The SMILES string of the molecule is CN(C)c1ccccc1NC(=O)NC(C)(C(=O)O)C1CC1. The van der Waals surface area contributed by atoms with Gasteiger partial charge in [-0.3, -0.25) is 0 Å². The topological polar surface area (TPSA) is 81.7 Å². The van der Waals surface area contributed by atoms with Gasteiger partial charge in [-0.2, -0.15) is 0 Å². The number of urea groups is 1. The first kappa shape index (κ1) is 15.2. The lowest BCUT2D eigenvalue weighted by atomic mass is 9.96. The van der Waals surface area contributed by atoms with Crippen molar-refractivity contribution in [3.8, 4) is 0 Å². The van der Waals surface area contributed by atoms with Crippen molar-refractivity contribution in [1.29, 1.82) is 0 Å². The van der Waals surface area contributed by atoms with E-state index in [9.17, 15) is 14.7 Å². The van der Waals surface area contributed by atoms with Crippen molar-refractivity contribution >= 4 is 23.4 Å². The highest BCUT2D eigenvalue weighted by Crippen LogP contribution is 2.39. The largest absolute Gasteiger partial charge is 0.480 e. The molecule has 1 unspecified atom stereocenters. The summed E-state index contributed by atoms with van der Waals surface area (Å²) in [5, 5.41) is 14.7. The van der Waals surface area contributed by atoms with Crippen LogP contribution in [-0.2, 0) is 4.79 Å². The molecule has 3 N–H and O–H groups in total. The van der Waals surface area contributed by atoms with Crippen LogP contribution in [0.25, 0.3) is 0 Å². The summed E-state index contributed by atoms with van der Waals surface area (Å²) in [7, 11) is 3.76. The van der Waals surface area contributed by atoms with Crippen molar-refractivity contribution in [2.45, 2.75) is 25.3 Å². The minimum atomic E-state index is -1.21. The van der Waals surface area contributed by atoms with E-state index >= 15 is 0 Å². The van der Waals surface area contributed by atoms with E-state index in [2.05, 4.69) is 10.6 Å². The molecule has 1 aromatic rings. The Morgan fingerprint density at radius 3 is 2.43 bits per heavy atom. The molecule has 0 radical (unpaired) electrons. The predicted molar refractivity (Wildman–Crippen MR) is 81.7 cm³/mol. The van der Waals surface area contributed by atoms with Gasteiger partial charge in [0, 0.05) is 14.1 Å². The van der Waals surface area contributed by atoms with E-state index in [1.165, 1.54) is 0 Å².